The Morgan fingerprint density at radius 1 is 1.12 bits per heavy atom. The molecule has 0 aromatic rings. The lowest BCUT2D eigenvalue weighted by Crippen LogP contribution is -2.32. The minimum Gasteiger partial charge on any atom is -0.466 e. The van der Waals surface area contributed by atoms with E-state index in [0.717, 1.165) is 25.7 Å². The molecule has 0 radical (unpaired) electrons. The fourth-order valence-electron chi connectivity index (χ4n) is 1.77. The van der Waals surface area contributed by atoms with E-state index >= 15 is 0 Å². The maximum absolute atomic E-state index is 11.8. The van der Waals surface area contributed by atoms with Crippen molar-refractivity contribution in [3.05, 3.63) is 0 Å². The highest BCUT2D eigenvalue weighted by molar-refractivity contribution is 5.79. The van der Waals surface area contributed by atoms with Crippen LogP contribution in [-0.4, -0.2) is 25.0 Å². The van der Waals surface area contributed by atoms with E-state index in [1.807, 2.05) is 0 Å². The summed E-state index contributed by atoms with van der Waals surface area (Å²) in [6, 6.07) is 0. The smallest absolute Gasteiger partial charge is 0.307 e. The zero-order valence-electron chi connectivity index (χ0n) is 11.3. The maximum atomic E-state index is 11.8. The monoisotopic (exact) mass is 243 g/mol. The molecule has 0 fully saturated rings. The van der Waals surface area contributed by atoms with Gasteiger partial charge in [-0.2, -0.15) is 0 Å². The highest BCUT2D eigenvalue weighted by atomic mass is 16.5. The summed E-state index contributed by atoms with van der Waals surface area (Å²) >= 11 is 0. The SMILES string of the molecule is CCCC(CCC)C(=O)NCCC(=O)OCC. The molecule has 0 aromatic carbocycles. The van der Waals surface area contributed by atoms with E-state index in [-0.39, 0.29) is 24.2 Å². The van der Waals surface area contributed by atoms with Crippen molar-refractivity contribution in [2.24, 2.45) is 5.92 Å². The number of esters is 1. The van der Waals surface area contributed by atoms with Gasteiger partial charge in [0.25, 0.3) is 0 Å². The topological polar surface area (TPSA) is 55.4 Å². The van der Waals surface area contributed by atoms with Gasteiger partial charge in [0.05, 0.1) is 13.0 Å². The molecule has 0 aliphatic carbocycles. The average Bonchev–Trinajstić information content (AvgIpc) is 2.29. The highest BCUT2D eigenvalue weighted by Gasteiger charge is 2.16. The van der Waals surface area contributed by atoms with Gasteiger partial charge >= 0.3 is 5.97 Å². The van der Waals surface area contributed by atoms with Crippen LogP contribution in [0, 0.1) is 5.92 Å². The van der Waals surface area contributed by atoms with Crippen LogP contribution in [0.25, 0.3) is 0 Å². The van der Waals surface area contributed by atoms with E-state index in [4.69, 9.17) is 4.74 Å². The van der Waals surface area contributed by atoms with Gasteiger partial charge in [-0.1, -0.05) is 26.7 Å². The largest absolute Gasteiger partial charge is 0.466 e. The van der Waals surface area contributed by atoms with Gasteiger partial charge in [-0.3, -0.25) is 9.59 Å². The predicted octanol–water partition coefficient (Wildman–Crippen LogP) is 2.27. The van der Waals surface area contributed by atoms with Crippen LogP contribution >= 0.6 is 0 Å². The van der Waals surface area contributed by atoms with Gasteiger partial charge in [-0.25, -0.2) is 0 Å². The molecular formula is C13H25NO3. The number of rotatable bonds is 9. The molecule has 0 bridgehead atoms. The van der Waals surface area contributed by atoms with Crippen molar-refractivity contribution in [1.29, 1.82) is 0 Å². The molecule has 0 atom stereocenters. The summed E-state index contributed by atoms with van der Waals surface area (Å²) in [6.45, 7) is 6.70. The molecule has 4 heteroatoms. The van der Waals surface area contributed by atoms with Crippen molar-refractivity contribution < 1.29 is 14.3 Å². The quantitative estimate of drug-likeness (QED) is 0.632. The molecule has 0 aromatic heterocycles. The summed E-state index contributed by atoms with van der Waals surface area (Å²) in [6.07, 6.45) is 4.11. The van der Waals surface area contributed by atoms with E-state index in [2.05, 4.69) is 19.2 Å². The number of carbonyl (C=O) groups excluding carboxylic acids is 2. The van der Waals surface area contributed by atoms with E-state index in [1.165, 1.54) is 0 Å². The molecule has 4 nitrogen and oxygen atoms in total. The normalized spacial score (nSPS) is 10.4. The molecule has 100 valence electrons. The molecule has 0 saturated carbocycles. The first kappa shape index (κ1) is 15.9. The Balaban J connectivity index is 3.84. The minimum absolute atomic E-state index is 0.0676. The predicted molar refractivity (Wildman–Crippen MR) is 67.6 cm³/mol. The zero-order chi connectivity index (χ0) is 13.1. The van der Waals surface area contributed by atoms with E-state index in [0.29, 0.717) is 13.2 Å². The van der Waals surface area contributed by atoms with Crippen molar-refractivity contribution in [2.75, 3.05) is 13.2 Å². The highest BCUT2D eigenvalue weighted by Crippen LogP contribution is 2.13. The van der Waals surface area contributed by atoms with Crippen LogP contribution in [0.5, 0.6) is 0 Å². The lowest BCUT2D eigenvalue weighted by atomic mass is 9.97. The van der Waals surface area contributed by atoms with Crippen molar-refractivity contribution in [2.45, 2.75) is 52.9 Å². The summed E-state index contributed by atoms with van der Waals surface area (Å²) in [5.74, 6) is -0.0967. The van der Waals surface area contributed by atoms with Crippen molar-refractivity contribution >= 4 is 11.9 Å². The molecule has 17 heavy (non-hydrogen) atoms. The van der Waals surface area contributed by atoms with Crippen LogP contribution in [0.3, 0.4) is 0 Å². The Morgan fingerprint density at radius 3 is 2.18 bits per heavy atom. The third kappa shape index (κ3) is 7.77. The third-order valence-electron chi connectivity index (χ3n) is 2.58. The minimum atomic E-state index is -0.254. The van der Waals surface area contributed by atoms with Crippen molar-refractivity contribution in [3.63, 3.8) is 0 Å². The van der Waals surface area contributed by atoms with Gasteiger partial charge in [-0.15, -0.1) is 0 Å². The fraction of sp³-hybridized carbons (Fsp3) is 0.846. The Hall–Kier alpha value is -1.06. The molecule has 0 aliphatic rings. The van der Waals surface area contributed by atoms with Gasteiger partial charge in [0.15, 0.2) is 0 Å². The Morgan fingerprint density at radius 2 is 1.71 bits per heavy atom. The summed E-state index contributed by atoms with van der Waals surface area (Å²) in [7, 11) is 0. The van der Waals surface area contributed by atoms with Gasteiger partial charge in [-0.05, 0) is 19.8 Å². The van der Waals surface area contributed by atoms with Gasteiger partial charge < -0.3 is 10.1 Å². The molecule has 0 saturated heterocycles. The third-order valence-corrected chi connectivity index (χ3v) is 2.58. The number of hydrogen-bond acceptors (Lipinski definition) is 3. The second-order valence-corrected chi connectivity index (χ2v) is 4.12. The molecular weight excluding hydrogens is 218 g/mol. The molecule has 0 aliphatic heterocycles. The number of carbonyl (C=O) groups is 2. The number of nitrogens with one attached hydrogen (secondary N) is 1. The first-order chi connectivity index (χ1) is 8.15. The van der Waals surface area contributed by atoms with Crippen LogP contribution in [0.4, 0.5) is 0 Å². The van der Waals surface area contributed by atoms with Crippen molar-refractivity contribution in [1.82, 2.24) is 5.32 Å². The standard InChI is InChI=1S/C13H25NO3/c1-4-7-11(8-5-2)13(16)14-10-9-12(15)17-6-3/h11H,4-10H2,1-3H3,(H,14,16). The van der Waals surface area contributed by atoms with Crippen molar-refractivity contribution in [3.8, 4) is 0 Å². The second kappa shape index (κ2) is 10.1. The first-order valence-electron chi connectivity index (χ1n) is 6.58. The average molecular weight is 243 g/mol. The molecule has 1 N–H and O–H groups in total. The van der Waals surface area contributed by atoms with E-state index in [9.17, 15) is 9.59 Å². The second-order valence-electron chi connectivity index (χ2n) is 4.12. The Labute approximate surface area is 104 Å². The lowest BCUT2D eigenvalue weighted by molar-refractivity contribution is -0.143. The summed E-state index contributed by atoms with van der Waals surface area (Å²) in [5, 5.41) is 2.80. The van der Waals surface area contributed by atoms with E-state index in [1.54, 1.807) is 6.92 Å². The van der Waals surface area contributed by atoms with Crippen LogP contribution in [0.2, 0.25) is 0 Å². The Kier molecular flexibility index (Phi) is 9.49. The molecule has 0 heterocycles. The van der Waals surface area contributed by atoms with Crippen LogP contribution in [0.1, 0.15) is 52.9 Å². The molecule has 0 spiro atoms. The van der Waals surface area contributed by atoms with Crippen LogP contribution < -0.4 is 5.32 Å². The Bertz CT molecular complexity index is 223. The molecule has 0 rings (SSSR count). The fourth-order valence-corrected chi connectivity index (χ4v) is 1.77. The maximum Gasteiger partial charge on any atom is 0.307 e. The number of hydrogen-bond donors (Lipinski definition) is 1. The lowest BCUT2D eigenvalue weighted by Gasteiger charge is -2.14. The molecule has 1 amide bonds. The van der Waals surface area contributed by atoms with Crippen LogP contribution in [-0.2, 0) is 14.3 Å². The van der Waals surface area contributed by atoms with Crippen LogP contribution in [0.15, 0.2) is 0 Å². The van der Waals surface area contributed by atoms with Gasteiger partial charge in [0.2, 0.25) is 5.91 Å². The van der Waals surface area contributed by atoms with Gasteiger partial charge in [0, 0.05) is 12.5 Å². The summed E-state index contributed by atoms with van der Waals surface area (Å²) in [4.78, 5) is 22.9. The number of ether oxygens (including phenoxy) is 1. The van der Waals surface area contributed by atoms with Gasteiger partial charge in [0.1, 0.15) is 0 Å². The number of amides is 1. The molecule has 0 unspecified atom stereocenters. The first-order valence-corrected chi connectivity index (χ1v) is 6.58. The summed E-state index contributed by atoms with van der Waals surface area (Å²) < 4.78 is 4.79. The zero-order valence-corrected chi connectivity index (χ0v) is 11.3. The summed E-state index contributed by atoms with van der Waals surface area (Å²) in [5.41, 5.74) is 0. The van der Waals surface area contributed by atoms with E-state index < -0.39 is 0 Å².